The van der Waals surface area contributed by atoms with Crippen LogP contribution in [-0.4, -0.2) is 51.7 Å². The summed E-state index contributed by atoms with van der Waals surface area (Å²) in [5.74, 6) is 0.935. The number of nitrogens with zero attached hydrogens (tertiary/aromatic N) is 1. The van der Waals surface area contributed by atoms with E-state index in [1.807, 2.05) is 11.8 Å². The lowest BCUT2D eigenvalue weighted by Gasteiger charge is -2.20. The minimum atomic E-state index is -3.42. The van der Waals surface area contributed by atoms with Crippen molar-refractivity contribution in [2.75, 3.05) is 37.2 Å². The molecule has 2 aliphatic heterocycles. The fraction of sp³-hybridized carbons (Fsp3) is 0.533. The van der Waals surface area contributed by atoms with E-state index in [1.54, 1.807) is 18.2 Å². The third kappa shape index (κ3) is 3.97. The van der Waals surface area contributed by atoms with E-state index in [1.165, 1.54) is 0 Å². The number of nitrogens with one attached hydrogen (secondary N) is 2. The monoisotopic (exact) mass is 359 g/mol. The number of halogens is 1. The number of rotatable bonds is 3. The van der Waals surface area contributed by atoms with Crippen LogP contribution in [0.1, 0.15) is 15.9 Å². The van der Waals surface area contributed by atoms with Gasteiger partial charge in [-0.15, -0.1) is 12.4 Å². The van der Waals surface area contributed by atoms with Crippen LogP contribution in [0.5, 0.6) is 0 Å². The first-order valence-corrected chi connectivity index (χ1v) is 9.31. The maximum atomic E-state index is 12.8. The van der Waals surface area contributed by atoms with Gasteiger partial charge in [-0.1, -0.05) is 11.6 Å². The number of sulfonamides is 1. The number of carbonyl (C=O) groups excluding carboxylic acids is 1. The van der Waals surface area contributed by atoms with Crippen LogP contribution in [0.15, 0.2) is 18.2 Å². The minimum absolute atomic E-state index is 0. The molecule has 0 bridgehead atoms. The molecule has 2 aliphatic rings. The second kappa shape index (κ2) is 6.67. The average molecular weight is 360 g/mol. The second-order valence-electron chi connectivity index (χ2n) is 6.31. The van der Waals surface area contributed by atoms with Gasteiger partial charge in [0.1, 0.15) is 0 Å². The lowest BCUT2D eigenvalue weighted by atomic mass is 10.0. The number of aryl methyl sites for hydroxylation is 1. The Hall–Kier alpha value is -1.31. The van der Waals surface area contributed by atoms with Crippen LogP contribution in [-0.2, 0) is 10.0 Å². The van der Waals surface area contributed by atoms with Gasteiger partial charge >= 0.3 is 0 Å². The summed E-state index contributed by atoms with van der Waals surface area (Å²) in [5.41, 5.74) is 1.72. The molecule has 0 unspecified atom stereocenters. The number of anilines is 1. The van der Waals surface area contributed by atoms with Crippen molar-refractivity contribution in [1.82, 2.24) is 10.2 Å². The Morgan fingerprint density at radius 1 is 1.26 bits per heavy atom. The Morgan fingerprint density at radius 2 is 1.87 bits per heavy atom. The van der Waals surface area contributed by atoms with Crippen LogP contribution >= 0.6 is 12.4 Å². The third-order valence-corrected chi connectivity index (χ3v) is 4.97. The van der Waals surface area contributed by atoms with Gasteiger partial charge in [0.15, 0.2) is 0 Å². The van der Waals surface area contributed by atoms with Crippen LogP contribution < -0.4 is 10.0 Å². The predicted molar refractivity (Wildman–Crippen MR) is 92.6 cm³/mol. The zero-order chi connectivity index (χ0) is 15.9. The highest BCUT2D eigenvalue weighted by Crippen LogP contribution is 2.29. The Kier molecular flexibility index (Phi) is 5.23. The smallest absolute Gasteiger partial charge is 0.256 e. The molecule has 6 nitrogen and oxygen atoms in total. The van der Waals surface area contributed by atoms with Gasteiger partial charge in [0.2, 0.25) is 10.0 Å². The lowest BCUT2D eigenvalue weighted by Crippen LogP contribution is -2.32. The van der Waals surface area contributed by atoms with Gasteiger partial charge in [0.25, 0.3) is 5.91 Å². The van der Waals surface area contributed by atoms with Gasteiger partial charge in [-0.2, -0.15) is 0 Å². The molecule has 0 spiro atoms. The summed E-state index contributed by atoms with van der Waals surface area (Å²) in [5, 5.41) is 3.35. The van der Waals surface area contributed by atoms with Crippen LogP contribution in [0.25, 0.3) is 0 Å². The van der Waals surface area contributed by atoms with Crippen LogP contribution in [0.2, 0.25) is 0 Å². The lowest BCUT2D eigenvalue weighted by molar-refractivity contribution is 0.0782. The number of hydrogen-bond acceptors (Lipinski definition) is 4. The van der Waals surface area contributed by atoms with Gasteiger partial charge < -0.3 is 10.2 Å². The molecule has 2 heterocycles. The largest absolute Gasteiger partial charge is 0.338 e. The summed E-state index contributed by atoms with van der Waals surface area (Å²) >= 11 is 0. The summed E-state index contributed by atoms with van der Waals surface area (Å²) in [7, 11) is -3.42. The summed E-state index contributed by atoms with van der Waals surface area (Å²) in [6.07, 6.45) is 1.09. The summed E-state index contributed by atoms with van der Waals surface area (Å²) < 4.78 is 25.4. The molecule has 0 aromatic heterocycles. The van der Waals surface area contributed by atoms with Crippen LogP contribution in [0, 0.1) is 18.8 Å². The zero-order valence-corrected chi connectivity index (χ0v) is 14.8. The van der Waals surface area contributed by atoms with Crippen molar-refractivity contribution in [1.29, 1.82) is 0 Å². The maximum absolute atomic E-state index is 12.8. The molecule has 2 atom stereocenters. The molecule has 0 radical (unpaired) electrons. The van der Waals surface area contributed by atoms with Gasteiger partial charge in [-0.25, -0.2) is 8.42 Å². The standard InChI is InChI=1S/C15H21N3O3S.ClH/c1-10-3-4-14(17-22(2,20)21)13(5-10)15(19)18-8-11-6-16-7-12(11)9-18;/h3-5,11-12,16-17H,6-9H2,1-2H3;1H/t11-,12+;. The molecule has 0 saturated carbocycles. The van der Waals surface area contributed by atoms with E-state index in [9.17, 15) is 13.2 Å². The molecule has 2 N–H and O–H groups in total. The molecule has 0 aliphatic carbocycles. The topological polar surface area (TPSA) is 78.5 Å². The number of amides is 1. The van der Waals surface area contributed by atoms with E-state index in [4.69, 9.17) is 0 Å². The molecule has 128 valence electrons. The third-order valence-electron chi connectivity index (χ3n) is 4.38. The number of benzene rings is 1. The van der Waals surface area contributed by atoms with Crippen molar-refractivity contribution in [3.8, 4) is 0 Å². The number of carbonyl (C=O) groups is 1. The Balaban J connectivity index is 0.00000192. The van der Waals surface area contributed by atoms with Crippen molar-refractivity contribution in [2.24, 2.45) is 11.8 Å². The van der Waals surface area contributed by atoms with E-state index in [-0.39, 0.29) is 18.3 Å². The van der Waals surface area contributed by atoms with Crippen molar-refractivity contribution < 1.29 is 13.2 Å². The molecular formula is C15H22ClN3O3S. The highest BCUT2D eigenvalue weighted by Gasteiger charge is 2.38. The molecule has 1 amide bonds. The SMILES string of the molecule is Cc1ccc(NS(C)(=O)=O)c(C(=O)N2C[C@H]3CNC[C@H]3C2)c1.Cl. The molecule has 1 aromatic rings. The van der Waals surface area contributed by atoms with Crippen LogP contribution in [0.4, 0.5) is 5.69 Å². The van der Waals surface area contributed by atoms with Crippen LogP contribution in [0.3, 0.4) is 0 Å². The Labute approximate surface area is 143 Å². The van der Waals surface area contributed by atoms with Gasteiger partial charge in [-0.05, 0) is 30.9 Å². The van der Waals surface area contributed by atoms with Gasteiger partial charge in [0, 0.05) is 26.2 Å². The molecule has 2 saturated heterocycles. The first-order valence-electron chi connectivity index (χ1n) is 7.42. The van der Waals surface area contributed by atoms with E-state index >= 15 is 0 Å². The summed E-state index contributed by atoms with van der Waals surface area (Å²) in [4.78, 5) is 14.7. The zero-order valence-electron chi connectivity index (χ0n) is 13.2. The van der Waals surface area contributed by atoms with Crippen molar-refractivity contribution in [3.63, 3.8) is 0 Å². The molecule has 2 fully saturated rings. The maximum Gasteiger partial charge on any atom is 0.256 e. The Morgan fingerprint density at radius 3 is 2.43 bits per heavy atom. The molecular weight excluding hydrogens is 338 g/mol. The molecule has 1 aromatic carbocycles. The number of fused-ring (bicyclic) bond motifs is 1. The van der Waals surface area contributed by atoms with Gasteiger partial charge in [0.05, 0.1) is 17.5 Å². The van der Waals surface area contributed by atoms with E-state index in [0.717, 1.165) is 38.0 Å². The van der Waals surface area contributed by atoms with E-state index in [2.05, 4.69) is 10.0 Å². The summed E-state index contributed by atoms with van der Waals surface area (Å²) in [6, 6.07) is 5.21. The van der Waals surface area contributed by atoms with Crippen molar-refractivity contribution >= 4 is 34.0 Å². The second-order valence-corrected chi connectivity index (χ2v) is 8.06. The molecule has 3 rings (SSSR count). The van der Waals surface area contributed by atoms with E-state index < -0.39 is 10.0 Å². The number of likely N-dealkylation sites (tertiary alicyclic amines) is 1. The quantitative estimate of drug-likeness (QED) is 0.846. The normalized spacial score (nSPS) is 23.3. The Bertz CT molecular complexity index is 696. The average Bonchev–Trinajstić information content (AvgIpc) is 2.99. The summed E-state index contributed by atoms with van der Waals surface area (Å²) in [6.45, 7) is 5.28. The number of hydrogen-bond donors (Lipinski definition) is 2. The predicted octanol–water partition coefficient (Wildman–Crippen LogP) is 1.08. The molecule has 23 heavy (non-hydrogen) atoms. The van der Waals surface area contributed by atoms with Gasteiger partial charge in [-0.3, -0.25) is 9.52 Å². The fourth-order valence-electron chi connectivity index (χ4n) is 3.32. The highest BCUT2D eigenvalue weighted by atomic mass is 35.5. The first kappa shape index (κ1) is 18.0. The fourth-order valence-corrected chi connectivity index (χ4v) is 3.89. The van der Waals surface area contributed by atoms with E-state index in [0.29, 0.717) is 23.1 Å². The highest BCUT2D eigenvalue weighted by molar-refractivity contribution is 7.92. The first-order chi connectivity index (χ1) is 10.3. The molecule has 8 heteroatoms. The van der Waals surface area contributed by atoms with Crippen molar-refractivity contribution in [2.45, 2.75) is 6.92 Å². The minimum Gasteiger partial charge on any atom is -0.338 e. The van der Waals surface area contributed by atoms with Crippen molar-refractivity contribution in [3.05, 3.63) is 29.3 Å².